The Morgan fingerprint density at radius 2 is 1.71 bits per heavy atom. The van der Waals surface area contributed by atoms with Crippen molar-refractivity contribution in [2.24, 2.45) is 5.92 Å². The molecule has 0 aliphatic carbocycles. The maximum atomic E-state index is 13.5. The molecule has 3 unspecified atom stereocenters. The van der Waals surface area contributed by atoms with Gasteiger partial charge in [0.2, 0.25) is 0 Å². The fourth-order valence-corrected chi connectivity index (χ4v) is 3.29. The molecule has 0 amide bonds. The minimum atomic E-state index is -0.178. The van der Waals surface area contributed by atoms with Gasteiger partial charge in [-0.15, -0.1) is 11.6 Å². The Bertz CT molecular complexity index is 579. The van der Waals surface area contributed by atoms with Crippen LogP contribution < -0.4 is 0 Å². The van der Waals surface area contributed by atoms with Crippen LogP contribution in [-0.2, 0) is 0 Å². The Kier molecular flexibility index (Phi) is 5.41. The lowest BCUT2D eigenvalue weighted by molar-refractivity contribution is 0.433. The number of alkyl halides is 1. The average molecular weight is 305 g/mol. The molecule has 0 N–H and O–H groups in total. The first-order valence-corrected chi connectivity index (χ1v) is 7.93. The van der Waals surface area contributed by atoms with Crippen molar-refractivity contribution in [2.45, 2.75) is 38.5 Å². The molecule has 0 aliphatic heterocycles. The van der Waals surface area contributed by atoms with E-state index in [4.69, 9.17) is 11.6 Å². The number of benzene rings is 2. The molecule has 0 spiro atoms. The number of hydrogen-bond acceptors (Lipinski definition) is 0. The van der Waals surface area contributed by atoms with Crippen LogP contribution in [-0.4, -0.2) is 0 Å². The maximum absolute atomic E-state index is 13.5. The van der Waals surface area contributed by atoms with Crippen molar-refractivity contribution >= 4 is 11.6 Å². The molecule has 21 heavy (non-hydrogen) atoms. The van der Waals surface area contributed by atoms with E-state index in [2.05, 4.69) is 26.0 Å². The second kappa shape index (κ2) is 7.09. The maximum Gasteiger partial charge on any atom is 0.126 e. The summed E-state index contributed by atoms with van der Waals surface area (Å²) in [6.07, 6.45) is 1.06. The van der Waals surface area contributed by atoms with E-state index >= 15 is 0 Å². The summed E-state index contributed by atoms with van der Waals surface area (Å²) >= 11 is 6.78. The van der Waals surface area contributed by atoms with Crippen molar-refractivity contribution in [3.05, 3.63) is 71.0 Å². The van der Waals surface area contributed by atoms with Crippen LogP contribution in [0.4, 0.5) is 4.39 Å². The van der Waals surface area contributed by atoms with Gasteiger partial charge in [0, 0.05) is 5.92 Å². The molecule has 0 bridgehead atoms. The van der Waals surface area contributed by atoms with Crippen LogP contribution in [0.2, 0.25) is 0 Å². The highest BCUT2D eigenvalue weighted by atomic mass is 35.5. The summed E-state index contributed by atoms with van der Waals surface area (Å²) in [6.45, 7) is 6.19. The average Bonchev–Trinajstić information content (AvgIpc) is 2.51. The van der Waals surface area contributed by atoms with Gasteiger partial charge in [-0.05, 0) is 35.6 Å². The largest absolute Gasteiger partial charge is 0.207 e. The number of aryl methyl sites for hydroxylation is 1. The zero-order valence-corrected chi connectivity index (χ0v) is 13.6. The zero-order chi connectivity index (χ0) is 15.4. The molecule has 2 heteroatoms. The lowest BCUT2D eigenvalue weighted by atomic mass is 9.80. The Morgan fingerprint density at radius 1 is 1.05 bits per heavy atom. The van der Waals surface area contributed by atoms with E-state index in [1.54, 1.807) is 13.0 Å². The van der Waals surface area contributed by atoms with Gasteiger partial charge in [-0.2, -0.15) is 0 Å². The first kappa shape index (κ1) is 16.0. The fraction of sp³-hybridized carbons (Fsp3) is 0.368. The van der Waals surface area contributed by atoms with Gasteiger partial charge in [0.15, 0.2) is 0 Å². The molecule has 2 rings (SSSR count). The van der Waals surface area contributed by atoms with Crippen molar-refractivity contribution in [1.82, 2.24) is 0 Å². The smallest absolute Gasteiger partial charge is 0.126 e. The van der Waals surface area contributed by atoms with Gasteiger partial charge in [0.25, 0.3) is 0 Å². The summed E-state index contributed by atoms with van der Waals surface area (Å²) in [5.41, 5.74) is 2.88. The monoisotopic (exact) mass is 304 g/mol. The van der Waals surface area contributed by atoms with Crippen molar-refractivity contribution in [1.29, 1.82) is 0 Å². The first-order chi connectivity index (χ1) is 10.0. The number of halogens is 2. The van der Waals surface area contributed by atoms with Crippen LogP contribution in [0.15, 0.2) is 48.5 Å². The highest BCUT2D eigenvalue weighted by molar-refractivity contribution is 6.21. The van der Waals surface area contributed by atoms with Crippen LogP contribution in [0.25, 0.3) is 0 Å². The van der Waals surface area contributed by atoms with Gasteiger partial charge in [-0.3, -0.25) is 0 Å². The molecule has 0 saturated heterocycles. The zero-order valence-electron chi connectivity index (χ0n) is 12.8. The first-order valence-electron chi connectivity index (χ1n) is 7.49. The minimum Gasteiger partial charge on any atom is -0.207 e. The van der Waals surface area contributed by atoms with Crippen LogP contribution in [0.5, 0.6) is 0 Å². The standard InChI is InChI=1S/C19H22ClF/c1-4-13(2)18(15-8-6-5-7-9-15)19(20)16-10-11-17(21)14(3)12-16/h5-13,18-19H,4H2,1-3H3. The van der Waals surface area contributed by atoms with Gasteiger partial charge in [0.05, 0.1) is 5.38 Å². The lowest BCUT2D eigenvalue weighted by Gasteiger charge is -2.28. The summed E-state index contributed by atoms with van der Waals surface area (Å²) in [5.74, 6) is 0.505. The van der Waals surface area contributed by atoms with Crippen molar-refractivity contribution in [3.8, 4) is 0 Å². The predicted octanol–water partition coefficient (Wildman–Crippen LogP) is 6.24. The quantitative estimate of drug-likeness (QED) is 0.573. The molecule has 0 aliphatic rings. The van der Waals surface area contributed by atoms with Crippen LogP contribution >= 0.6 is 11.6 Å². The van der Waals surface area contributed by atoms with E-state index in [1.807, 2.05) is 24.3 Å². The third kappa shape index (κ3) is 3.65. The van der Waals surface area contributed by atoms with Crippen molar-refractivity contribution in [3.63, 3.8) is 0 Å². The van der Waals surface area contributed by atoms with Gasteiger partial charge in [-0.1, -0.05) is 62.7 Å². The Hall–Kier alpha value is -1.34. The Morgan fingerprint density at radius 3 is 2.29 bits per heavy atom. The second-order valence-corrected chi connectivity index (χ2v) is 6.20. The lowest BCUT2D eigenvalue weighted by Crippen LogP contribution is -2.15. The predicted molar refractivity (Wildman–Crippen MR) is 88.4 cm³/mol. The topological polar surface area (TPSA) is 0 Å². The van der Waals surface area contributed by atoms with Crippen LogP contribution in [0.3, 0.4) is 0 Å². The molecule has 0 aromatic heterocycles. The number of hydrogen-bond donors (Lipinski definition) is 0. The minimum absolute atomic E-state index is 0.151. The molecule has 2 aromatic rings. The van der Waals surface area contributed by atoms with E-state index in [1.165, 1.54) is 11.6 Å². The van der Waals surface area contributed by atoms with E-state index < -0.39 is 0 Å². The molecule has 3 atom stereocenters. The van der Waals surface area contributed by atoms with Crippen LogP contribution in [0.1, 0.15) is 48.3 Å². The SMILES string of the molecule is CCC(C)C(c1ccccc1)C(Cl)c1ccc(F)c(C)c1. The molecular weight excluding hydrogens is 283 g/mol. The van der Waals surface area contributed by atoms with Crippen molar-refractivity contribution < 1.29 is 4.39 Å². The summed E-state index contributed by atoms with van der Waals surface area (Å²) in [4.78, 5) is 0. The van der Waals surface area contributed by atoms with E-state index in [-0.39, 0.29) is 17.1 Å². The molecule has 0 radical (unpaired) electrons. The molecule has 112 valence electrons. The molecule has 0 saturated carbocycles. The summed E-state index contributed by atoms with van der Waals surface area (Å²) in [6, 6.07) is 15.5. The summed E-state index contributed by atoms with van der Waals surface area (Å²) in [5, 5.41) is -0.151. The van der Waals surface area contributed by atoms with Crippen LogP contribution in [0, 0.1) is 18.7 Å². The second-order valence-electron chi connectivity index (χ2n) is 5.73. The van der Waals surface area contributed by atoms with Crippen molar-refractivity contribution in [2.75, 3.05) is 0 Å². The molecule has 0 fully saturated rings. The fourth-order valence-electron chi connectivity index (χ4n) is 2.76. The third-order valence-corrected chi connectivity index (χ3v) is 4.78. The Balaban J connectivity index is 2.38. The van der Waals surface area contributed by atoms with Gasteiger partial charge in [-0.25, -0.2) is 4.39 Å². The van der Waals surface area contributed by atoms with E-state index in [9.17, 15) is 4.39 Å². The van der Waals surface area contributed by atoms with E-state index in [0.717, 1.165) is 12.0 Å². The molecule has 0 heterocycles. The summed E-state index contributed by atoms with van der Waals surface area (Å²) < 4.78 is 13.5. The number of rotatable bonds is 5. The molecule has 0 nitrogen and oxygen atoms in total. The highest BCUT2D eigenvalue weighted by Gasteiger charge is 2.27. The normalized spacial score (nSPS) is 15.5. The molecular formula is C19H22ClF. The molecule has 2 aromatic carbocycles. The van der Waals surface area contributed by atoms with Gasteiger partial charge < -0.3 is 0 Å². The highest BCUT2D eigenvalue weighted by Crippen LogP contribution is 2.42. The Labute approximate surface area is 132 Å². The third-order valence-electron chi connectivity index (χ3n) is 4.26. The van der Waals surface area contributed by atoms with Gasteiger partial charge >= 0.3 is 0 Å². The summed E-state index contributed by atoms with van der Waals surface area (Å²) in [7, 11) is 0. The van der Waals surface area contributed by atoms with E-state index in [0.29, 0.717) is 11.5 Å². The van der Waals surface area contributed by atoms with Gasteiger partial charge in [0.1, 0.15) is 5.82 Å².